The molecular formula is ClIMgNa+. The van der Waals surface area contributed by atoms with Gasteiger partial charge in [0.1, 0.15) is 0 Å². The van der Waals surface area contributed by atoms with E-state index in [9.17, 15) is 0 Å². The summed E-state index contributed by atoms with van der Waals surface area (Å²) in [6, 6.07) is 0. The molecular weight excluding hydrogens is 210 g/mol. The van der Waals surface area contributed by atoms with E-state index < -0.39 is 0 Å². The summed E-state index contributed by atoms with van der Waals surface area (Å²) in [6.07, 6.45) is 0. The van der Waals surface area contributed by atoms with Gasteiger partial charge in [-0.1, -0.05) is 0 Å². The summed E-state index contributed by atoms with van der Waals surface area (Å²) >= 11 is 0. The Balaban J connectivity index is 0. The molecule has 0 heterocycles. The molecule has 0 spiro atoms. The minimum atomic E-state index is 0. The normalized spacial score (nSPS) is 0. The molecule has 0 aliphatic rings. The molecule has 16 valence electrons. The van der Waals surface area contributed by atoms with Crippen molar-refractivity contribution in [3.63, 3.8) is 0 Å². The third-order valence-electron chi connectivity index (χ3n) is 0. The Morgan fingerprint density at radius 3 is 1.00 bits per heavy atom. The molecule has 0 bridgehead atoms. The summed E-state index contributed by atoms with van der Waals surface area (Å²) in [4.78, 5) is 0. The van der Waals surface area contributed by atoms with Crippen LogP contribution in [0, 0.1) is 0 Å². The zero-order valence-electron chi connectivity index (χ0n) is 2.46. The van der Waals surface area contributed by atoms with Crippen molar-refractivity contribution in [1.82, 2.24) is 0 Å². The van der Waals surface area contributed by atoms with Crippen molar-refractivity contribution in [1.29, 1.82) is 0 Å². The third kappa shape index (κ3) is 8.84. The van der Waals surface area contributed by atoms with Crippen molar-refractivity contribution in [2.24, 2.45) is 0 Å². The average molecular weight is 210 g/mol. The molecule has 0 nitrogen and oxygen atoms in total. The summed E-state index contributed by atoms with van der Waals surface area (Å²) < 4.78 is 0. The molecule has 4 heteroatoms. The fourth-order valence-corrected chi connectivity index (χ4v) is 0. The van der Waals surface area contributed by atoms with Gasteiger partial charge in [0.2, 0.25) is 0 Å². The summed E-state index contributed by atoms with van der Waals surface area (Å²) in [6.45, 7) is 0. The van der Waals surface area contributed by atoms with E-state index in [2.05, 4.69) is 0 Å². The van der Waals surface area contributed by atoms with E-state index in [1.807, 2.05) is 0 Å². The zero-order chi connectivity index (χ0) is 0. The molecule has 0 amide bonds. The van der Waals surface area contributed by atoms with Crippen LogP contribution in [0.2, 0.25) is 0 Å². The van der Waals surface area contributed by atoms with Gasteiger partial charge in [-0.25, -0.2) is 0 Å². The molecule has 0 aliphatic heterocycles. The minimum absolute atomic E-state index is 0. The maximum atomic E-state index is 0. The van der Waals surface area contributed by atoms with Crippen LogP contribution in [0.5, 0.6) is 0 Å². The van der Waals surface area contributed by atoms with Crippen LogP contribution >= 0.6 is 0 Å². The molecule has 0 rings (SSSR count). The van der Waals surface area contributed by atoms with Gasteiger partial charge in [-0.15, -0.1) is 0 Å². The van der Waals surface area contributed by atoms with Gasteiger partial charge < -0.3 is 36.4 Å². The Hall–Kier alpha value is 2.79. The second kappa shape index (κ2) is 17.1. The van der Waals surface area contributed by atoms with E-state index in [0.717, 1.165) is 0 Å². The van der Waals surface area contributed by atoms with E-state index >= 15 is 0 Å². The predicted molar refractivity (Wildman–Crippen MR) is 5.75 cm³/mol. The van der Waals surface area contributed by atoms with Crippen LogP contribution < -0.4 is 65.9 Å². The Labute approximate surface area is 87.3 Å². The molecule has 0 aromatic rings. The van der Waals surface area contributed by atoms with Gasteiger partial charge in [0.05, 0.1) is 0 Å². The van der Waals surface area contributed by atoms with E-state index in [-0.39, 0.29) is 89.0 Å². The van der Waals surface area contributed by atoms with Gasteiger partial charge in [-0.2, -0.15) is 0 Å². The topological polar surface area (TPSA) is 0 Å². The molecule has 0 aromatic carbocycles. The molecule has 0 aliphatic carbocycles. The molecule has 4 heavy (non-hydrogen) atoms. The number of hydrogen-bond acceptors (Lipinski definition) is 0. The first kappa shape index (κ1) is 29.3. The molecule has 0 unspecified atom stereocenters. The number of rotatable bonds is 0. The van der Waals surface area contributed by atoms with Crippen LogP contribution in [0.15, 0.2) is 0 Å². The van der Waals surface area contributed by atoms with Gasteiger partial charge in [0.25, 0.3) is 0 Å². The molecule has 0 saturated heterocycles. The second-order valence-electron chi connectivity index (χ2n) is 0. The van der Waals surface area contributed by atoms with Crippen LogP contribution in [0.25, 0.3) is 0 Å². The van der Waals surface area contributed by atoms with Crippen molar-refractivity contribution in [2.45, 2.75) is 0 Å². The molecule has 0 aromatic heterocycles. The average Bonchev–Trinajstić information content (AvgIpc) is 0. The first-order valence-corrected chi connectivity index (χ1v) is 0. The Morgan fingerprint density at radius 1 is 1.00 bits per heavy atom. The molecule has 0 atom stereocenters. The summed E-state index contributed by atoms with van der Waals surface area (Å²) in [7, 11) is 0. The van der Waals surface area contributed by atoms with Gasteiger partial charge in [0, 0.05) is 0 Å². The maximum absolute atomic E-state index is 0. The van der Waals surface area contributed by atoms with Gasteiger partial charge in [0.15, 0.2) is 0 Å². The first-order chi connectivity index (χ1) is 0. The van der Waals surface area contributed by atoms with Crippen LogP contribution in [0.1, 0.15) is 0 Å². The Kier molecular flexibility index (Phi) is 125. The van der Waals surface area contributed by atoms with Crippen molar-refractivity contribution < 1.29 is 65.9 Å². The number of hydrogen-bond donors (Lipinski definition) is 0. The fraction of sp³-hybridized carbons (Fsp3) is 0. The summed E-state index contributed by atoms with van der Waals surface area (Å²) in [5, 5.41) is 0. The molecule has 0 N–H and O–H groups in total. The third-order valence-corrected chi connectivity index (χ3v) is 0. The predicted octanol–water partition coefficient (Wildman–Crippen LogP) is -9.37. The SMILES string of the molecule is [Cl-].[I-].[Mg+2].[Na+]. The van der Waals surface area contributed by atoms with Crippen LogP contribution in [0.3, 0.4) is 0 Å². The molecule has 0 fully saturated rings. The summed E-state index contributed by atoms with van der Waals surface area (Å²) in [5.74, 6) is 0. The maximum Gasteiger partial charge on any atom is 2.00 e. The van der Waals surface area contributed by atoms with Crippen LogP contribution in [0.4, 0.5) is 0 Å². The molecule has 0 radical (unpaired) electrons. The van der Waals surface area contributed by atoms with E-state index in [4.69, 9.17) is 0 Å². The fourth-order valence-electron chi connectivity index (χ4n) is 0. The first-order valence-electron chi connectivity index (χ1n) is 0. The Bertz CT molecular complexity index is 8.00. The van der Waals surface area contributed by atoms with Crippen molar-refractivity contribution in [2.75, 3.05) is 0 Å². The van der Waals surface area contributed by atoms with E-state index in [0.29, 0.717) is 0 Å². The summed E-state index contributed by atoms with van der Waals surface area (Å²) in [5.41, 5.74) is 0. The largest absolute Gasteiger partial charge is 2.00 e. The smallest absolute Gasteiger partial charge is 1.00 e. The van der Waals surface area contributed by atoms with Crippen molar-refractivity contribution >= 4 is 23.1 Å². The standard InChI is InChI=1S/ClH.HI.Mg.Na/h2*1H;;/q;;+2;+1/p-2. The van der Waals surface area contributed by atoms with Crippen molar-refractivity contribution in [3.8, 4) is 0 Å². The van der Waals surface area contributed by atoms with E-state index in [1.54, 1.807) is 0 Å². The number of halogens is 2. The Morgan fingerprint density at radius 2 is 1.00 bits per heavy atom. The molecule has 0 saturated carbocycles. The van der Waals surface area contributed by atoms with Crippen LogP contribution in [-0.2, 0) is 0 Å². The quantitative estimate of drug-likeness (QED) is 0.275. The minimum Gasteiger partial charge on any atom is -1.00 e. The van der Waals surface area contributed by atoms with Gasteiger partial charge in [-0.3, -0.25) is 0 Å². The van der Waals surface area contributed by atoms with E-state index in [1.165, 1.54) is 0 Å². The van der Waals surface area contributed by atoms with Crippen LogP contribution in [-0.4, -0.2) is 23.1 Å². The monoisotopic (exact) mass is 209 g/mol. The van der Waals surface area contributed by atoms with Crippen molar-refractivity contribution in [3.05, 3.63) is 0 Å². The zero-order valence-corrected chi connectivity index (χ0v) is 8.79. The second-order valence-corrected chi connectivity index (χ2v) is 0. The van der Waals surface area contributed by atoms with Gasteiger partial charge >= 0.3 is 52.6 Å². The van der Waals surface area contributed by atoms with Gasteiger partial charge in [-0.05, 0) is 0 Å².